The Balaban J connectivity index is 1.98. The van der Waals surface area contributed by atoms with Crippen molar-refractivity contribution in [1.82, 2.24) is 9.36 Å². The molecule has 1 aromatic heterocycles. The summed E-state index contributed by atoms with van der Waals surface area (Å²) in [6, 6.07) is 9.64. The molecule has 5 heteroatoms. The Morgan fingerprint density at radius 1 is 1.26 bits per heavy atom. The average Bonchev–Trinajstić information content (AvgIpc) is 2.78. The third kappa shape index (κ3) is 3.86. The number of anilines is 1. The summed E-state index contributed by atoms with van der Waals surface area (Å²) in [5, 5.41) is 3.35. The maximum atomic E-state index is 11.9. The molecule has 2 aromatic rings. The lowest BCUT2D eigenvalue weighted by Crippen LogP contribution is -2.16. The Kier molecular flexibility index (Phi) is 3.95. The minimum absolute atomic E-state index is 0.0668. The monoisotopic (exact) mass is 275 g/mol. The van der Waals surface area contributed by atoms with Crippen LogP contribution in [0, 0.1) is 0 Å². The highest BCUT2D eigenvalue weighted by atomic mass is 32.1. The van der Waals surface area contributed by atoms with Gasteiger partial charge in [0.05, 0.1) is 6.42 Å². The number of nitrogens with zero attached hydrogens (tertiary/aromatic N) is 2. The number of amides is 1. The van der Waals surface area contributed by atoms with Gasteiger partial charge in [-0.2, -0.15) is 4.37 Å². The lowest BCUT2D eigenvalue weighted by atomic mass is 9.96. The van der Waals surface area contributed by atoms with Gasteiger partial charge in [-0.05, 0) is 5.56 Å². The molecule has 4 nitrogen and oxygen atoms in total. The molecular weight excluding hydrogens is 258 g/mol. The molecule has 1 heterocycles. The molecule has 0 saturated carbocycles. The number of aromatic nitrogens is 2. The van der Waals surface area contributed by atoms with E-state index in [1.165, 1.54) is 11.5 Å². The van der Waals surface area contributed by atoms with Crippen molar-refractivity contribution in [3.05, 3.63) is 41.7 Å². The van der Waals surface area contributed by atoms with Crippen molar-refractivity contribution in [2.75, 3.05) is 5.32 Å². The average molecular weight is 275 g/mol. The molecule has 1 N–H and O–H groups in total. The molecule has 2 rings (SSSR count). The number of rotatable bonds is 3. The van der Waals surface area contributed by atoms with Gasteiger partial charge < -0.3 is 5.32 Å². The summed E-state index contributed by atoms with van der Waals surface area (Å²) in [5.41, 5.74) is 0.888. The van der Waals surface area contributed by atoms with Crippen molar-refractivity contribution in [1.29, 1.82) is 0 Å². The van der Waals surface area contributed by atoms with Crippen molar-refractivity contribution in [3.8, 4) is 0 Å². The van der Waals surface area contributed by atoms with Crippen molar-refractivity contribution in [2.45, 2.75) is 32.6 Å². The van der Waals surface area contributed by atoms with Gasteiger partial charge in [0.15, 0.2) is 0 Å². The van der Waals surface area contributed by atoms with Crippen LogP contribution in [0.5, 0.6) is 0 Å². The molecular formula is C14H17N3OS. The van der Waals surface area contributed by atoms with Crippen molar-refractivity contribution in [3.63, 3.8) is 0 Å². The van der Waals surface area contributed by atoms with Gasteiger partial charge in [-0.3, -0.25) is 4.79 Å². The first-order valence-electron chi connectivity index (χ1n) is 6.13. The number of nitrogens with one attached hydrogen (secondary N) is 1. The molecule has 0 bridgehead atoms. The second-order valence-corrected chi connectivity index (χ2v) is 6.14. The first-order chi connectivity index (χ1) is 8.95. The van der Waals surface area contributed by atoms with E-state index in [9.17, 15) is 4.79 Å². The molecule has 0 aliphatic carbocycles. The van der Waals surface area contributed by atoms with Crippen LogP contribution in [0.25, 0.3) is 0 Å². The topological polar surface area (TPSA) is 54.9 Å². The fourth-order valence-corrected chi connectivity index (χ4v) is 2.30. The lowest BCUT2D eigenvalue weighted by molar-refractivity contribution is -0.115. The van der Waals surface area contributed by atoms with E-state index in [-0.39, 0.29) is 11.3 Å². The largest absolute Gasteiger partial charge is 0.300 e. The van der Waals surface area contributed by atoms with Gasteiger partial charge in [0.2, 0.25) is 11.0 Å². The third-order valence-electron chi connectivity index (χ3n) is 2.55. The standard InChI is InChI=1S/C14H17N3OS/c1-14(2,3)12-16-13(19-17-12)15-11(18)9-10-7-5-4-6-8-10/h4-8H,9H2,1-3H3,(H,15,16,17,18). The highest BCUT2D eigenvalue weighted by Crippen LogP contribution is 2.22. The molecule has 1 amide bonds. The Morgan fingerprint density at radius 3 is 2.53 bits per heavy atom. The number of hydrogen-bond acceptors (Lipinski definition) is 4. The van der Waals surface area contributed by atoms with Crippen molar-refractivity contribution < 1.29 is 4.79 Å². The van der Waals surface area contributed by atoms with E-state index in [0.717, 1.165) is 11.4 Å². The Bertz CT molecular complexity index is 558. The molecule has 1 aromatic carbocycles. The number of carbonyl (C=O) groups is 1. The maximum Gasteiger partial charge on any atom is 0.230 e. The van der Waals surface area contributed by atoms with Crippen LogP contribution in [0.15, 0.2) is 30.3 Å². The van der Waals surface area contributed by atoms with Crippen LogP contribution >= 0.6 is 11.5 Å². The second kappa shape index (κ2) is 5.48. The first-order valence-corrected chi connectivity index (χ1v) is 6.90. The van der Waals surface area contributed by atoms with Crippen LogP contribution in [0.3, 0.4) is 0 Å². The fraction of sp³-hybridized carbons (Fsp3) is 0.357. The van der Waals surface area contributed by atoms with E-state index < -0.39 is 0 Å². The van der Waals surface area contributed by atoms with E-state index in [2.05, 4.69) is 14.7 Å². The molecule has 0 spiro atoms. The van der Waals surface area contributed by atoms with E-state index in [4.69, 9.17) is 0 Å². The van der Waals surface area contributed by atoms with E-state index >= 15 is 0 Å². The van der Waals surface area contributed by atoms with E-state index in [0.29, 0.717) is 11.6 Å². The van der Waals surface area contributed by atoms with Gasteiger partial charge in [0.1, 0.15) is 5.82 Å². The summed E-state index contributed by atoms with van der Waals surface area (Å²) in [4.78, 5) is 16.2. The smallest absolute Gasteiger partial charge is 0.230 e. The number of benzene rings is 1. The zero-order valence-corrected chi connectivity index (χ0v) is 12.1. The minimum Gasteiger partial charge on any atom is -0.300 e. The Morgan fingerprint density at radius 2 is 1.95 bits per heavy atom. The van der Waals surface area contributed by atoms with E-state index in [1.807, 2.05) is 51.1 Å². The quantitative estimate of drug-likeness (QED) is 0.936. The molecule has 0 atom stereocenters. The molecule has 0 aliphatic heterocycles. The second-order valence-electron chi connectivity index (χ2n) is 5.38. The summed E-state index contributed by atoms with van der Waals surface area (Å²) in [6.45, 7) is 6.14. The Labute approximate surface area is 117 Å². The summed E-state index contributed by atoms with van der Waals surface area (Å²) in [5.74, 6) is 0.690. The highest BCUT2D eigenvalue weighted by Gasteiger charge is 2.20. The number of hydrogen-bond donors (Lipinski definition) is 1. The SMILES string of the molecule is CC(C)(C)c1nsc(NC(=O)Cc2ccccc2)n1. The van der Waals surface area contributed by atoms with Crippen LogP contribution in [0.1, 0.15) is 32.2 Å². The predicted octanol–water partition coefficient (Wildman–Crippen LogP) is 3.02. The third-order valence-corrected chi connectivity index (χ3v) is 3.18. The van der Waals surface area contributed by atoms with Crippen LogP contribution in [-0.2, 0) is 16.6 Å². The normalized spacial score (nSPS) is 11.3. The molecule has 0 saturated heterocycles. The number of carbonyl (C=O) groups excluding carboxylic acids is 1. The summed E-state index contributed by atoms with van der Waals surface area (Å²) >= 11 is 1.22. The maximum absolute atomic E-state index is 11.9. The summed E-state index contributed by atoms with van der Waals surface area (Å²) < 4.78 is 4.26. The van der Waals surface area contributed by atoms with Gasteiger partial charge in [-0.25, -0.2) is 4.98 Å². The molecule has 0 radical (unpaired) electrons. The molecule has 19 heavy (non-hydrogen) atoms. The summed E-state index contributed by atoms with van der Waals surface area (Å²) in [6.07, 6.45) is 0.352. The first kappa shape index (κ1) is 13.7. The molecule has 100 valence electrons. The van der Waals surface area contributed by atoms with Crippen LogP contribution in [0.2, 0.25) is 0 Å². The van der Waals surface area contributed by atoms with Crippen LogP contribution in [0.4, 0.5) is 5.13 Å². The van der Waals surface area contributed by atoms with E-state index in [1.54, 1.807) is 0 Å². The summed E-state index contributed by atoms with van der Waals surface area (Å²) in [7, 11) is 0. The molecule has 0 fully saturated rings. The van der Waals surface area contributed by atoms with Gasteiger partial charge >= 0.3 is 0 Å². The minimum atomic E-state index is -0.0983. The lowest BCUT2D eigenvalue weighted by Gasteiger charge is -2.12. The van der Waals surface area contributed by atoms with Gasteiger partial charge in [-0.1, -0.05) is 51.1 Å². The highest BCUT2D eigenvalue weighted by molar-refractivity contribution is 7.09. The molecule has 0 unspecified atom stereocenters. The predicted molar refractivity (Wildman–Crippen MR) is 77.4 cm³/mol. The zero-order valence-electron chi connectivity index (χ0n) is 11.3. The molecule has 0 aliphatic rings. The van der Waals surface area contributed by atoms with Gasteiger partial charge in [-0.15, -0.1) is 0 Å². The van der Waals surface area contributed by atoms with Gasteiger partial charge in [0, 0.05) is 16.9 Å². The Hall–Kier alpha value is -1.75. The van der Waals surface area contributed by atoms with Crippen LogP contribution in [-0.4, -0.2) is 15.3 Å². The van der Waals surface area contributed by atoms with Crippen molar-refractivity contribution >= 4 is 22.6 Å². The fourth-order valence-electron chi connectivity index (χ4n) is 1.52. The van der Waals surface area contributed by atoms with Gasteiger partial charge in [0.25, 0.3) is 0 Å². The zero-order chi connectivity index (χ0) is 13.9. The van der Waals surface area contributed by atoms with Crippen molar-refractivity contribution in [2.24, 2.45) is 0 Å². The van der Waals surface area contributed by atoms with Crippen LogP contribution < -0.4 is 5.32 Å².